The third-order valence-electron chi connectivity index (χ3n) is 2.64. The van der Waals surface area contributed by atoms with Gasteiger partial charge in [0, 0.05) is 11.1 Å². The molecule has 1 aliphatic rings. The molecule has 2 nitrogen and oxygen atoms in total. The summed E-state index contributed by atoms with van der Waals surface area (Å²) >= 11 is 6.03. The van der Waals surface area contributed by atoms with E-state index in [0.717, 1.165) is 16.1 Å². The van der Waals surface area contributed by atoms with E-state index in [2.05, 4.69) is 11.4 Å². The van der Waals surface area contributed by atoms with Gasteiger partial charge in [0.1, 0.15) is 6.04 Å². The first-order chi connectivity index (χ1) is 7.20. The third-order valence-corrected chi connectivity index (χ3v) is 3.05. The first-order valence-electron chi connectivity index (χ1n) is 5.12. The van der Waals surface area contributed by atoms with Gasteiger partial charge in [-0.05, 0) is 37.0 Å². The second-order valence-corrected chi connectivity index (χ2v) is 4.42. The second-order valence-electron chi connectivity index (χ2n) is 4.01. The monoisotopic (exact) mass is 220 g/mol. The van der Waals surface area contributed by atoms with E-state index >= 15 is 0 Å². The van der Waals surface area contributed by atoms with Crippen molar-refractivity contribution in [2.24, 2.45) is 0 Å². The van der Waals surface area contributed by atoms with Crippen LogP contribution in [0, 0.1) is 18.3 Å². The van der Waals surface area contributed by atoms with Gasteiger partial charge in [0.05, 0.1) is 6.07 Å². The molecule has 15 heavy (non-hydrogen) atoms. The van der Waals surface area contributed by atoms with Crippen molar-refractivity contribution in [3.63, 3.8) is 0 Å². The van der Waals surface area contributed by atoms with Crippen LogP contribution in [0.25, 0.3) is 0 Å². The molecule has 1 atom stereocenters. The number of nitriles is 1. The van der Waals surface area contributed by atoms with Gasteiger partial charge in [0.25, 0.3) is 0 Å². The van der Waals surface area contributed by atoms with Crippen LogP contribution in [0.2, 0.25) is 5.02 Å². The van der Waals surface area contributed by atoms with Crippen molar-refractivity contribution >= 4 is 11.6 Å². The van der Waals surface area contributed by atoms with E-state index in [1.54, 1.807) is 0 Å². The van der Waals surface area contributed by atoms with E-state index in [9.17, 15) is 0 Å². The molecule has 1 aromatic carbocycles. The molecule has 0 aromatic heterocycles. The molecule has 0 bridgehead atoms. The minimum absolute atomic E-state index is 0.226. The van der Waals surface area contributed by atoms with Crippen LogP contribution in [0.1, 0.15) is 30.0 Å². The van der Waals surface area contributed by atoms with Gasteiger partial charge in [-0.1, -0.05) is 23.7 Å². The number of hydrogen-bond acceptors (Lipinski definition) is 2. The van der Waals surface area contributed by atoms with Crippen molar-refractivity contribution < 1.29 is 0 Å². The average molecular weight is 221 g/mol. The summed E-state index contributed by atoms with van der Waals surface area (Å²) in [5.74, 6) is 0. The molecule has 1 saturated carbocycles. The molecule has 78 valence electrons. The summed E-state index contributed by atoms with van der Waals surface area (Å²) in [6.07, 6.45) is 2.36. The van der Waals surface area contributed by atoms with Crippen molar-refractivity contribution in [1.82, 2.24) is 5.32 Å². The zero-order valence-corrected chi connectivity index (χ0v) is 9.38. The van der Waals surface area contributed by atoms with Crippen molar-refractivity contribution in [2.75, 3.05) is 0 Å². The molecule has 0 amide bonds. The Morgan fingerprint density at radius 2 is 2.27 bits per heavy atom. The van der Waals surface area contributed by atoms with Crippen molar-refractivity contribution in [3.05, 3.63) is 34.3 Å². The van der Waals surface area contributed by atoms with Crippen molar-refractivity contribution in [1.29, 1.82) is 5.26 Å². The molecule has 0 aliphatic heterocycles. The molecule has 0 spiro atoms. The van der Waals surface area contributed by atoms with Crippen LogP contribution in [-0.2, 0) is 0 Å². The number of nitrogens with zero attached hydrogens (tertiary/aromatic N) is 1. The molecular weight excluding hydrogens is 208 g/mol. The van der Waals surface area contributed by atoms with E-state index in [0.29, 0.717) is 6.04 Å². The predicted octanol–water partition coefficient (Wildman–Crippen LogP) is 2.97. The predicted molar refractivity (Wildman–Crippen MR) is 60.7 cm³/mol. The standard InChI is InChI=1S/C12H13ClN2/c1-8-2-3-9(6-11(8)13)12(7-14)15-10-4-5-10/h2-3,6,10,12,15H,4-5H2,1H3. The molecule has 1 aromatic rings. The van der Waals surface area contributed by atoms with Gasteiger partial charge in [0.15, 0.2) is 0 Å². The number of rotatable bonds is 3. The van der Waals surface area contributed by atoms with Crippen LogP contribution < -0.4 is 5.32 Å². The maximum Gasteiger partial charge on any atom is 0.121 e. The molecule has 3 heteroatoms. The zero-order chi connectivity index (χ0) is 10.8. The summed E-state index contributed by atoms with van der Waals surface area (Å²) in [6, 6.07) is 8.36. The highest BCUT2D eigenvalue weighted by molar-refractivity contribution is 6.31. The van der Waals surface area contributed by atoms with Crippen LogP contribution in [-0.4, -0.2) is 6.04 Å². The largest absolute Gasteiger partial charge is 0.295 e. The summed E-state index contributed by atoms with van der Waals surface area (Å²) in [6.45, 7) is 1.96. The fraction of sp³-hybridized carbons (Fsp3) is 0.417. The highest BCUT2D eigenvalue weighted by atomic mass is 35.5. The molecule has 1 aliphatic carbocycles. The third kappa shape index (κ3) is 2.50. The van der Waals surface area contributed by atoms with Gasteiger partial charge in [-0.15, -0.1) is 0 Å². The lowest BCUT2D eigenvalue weighted by molar-refractivity contribution is 0.626. The number of aryl methyl sites for hydroxylation is 1. The lowest BCUT2D eigenvalue weighted by Gasteiger charge is -2.11. The molecule has 0 heterocycles. The van der Waals surface area contributed by atoms with Gasteiger partial charge < -0.3 is 0 Å². The van der Waals surface area contributed by atoms with Crippen LogP contribution in [0.4, 0.5) is 0 Å². The lowest BCUT2D eigenvalue weighted by atomic mass is 10.1. The quantitative estimate of drug-likeness (QED) is 0.850. The average Bonchev–Trinajstić information content (AvgIpc) is 3.02. The summed E-state index contributed by atoms with van der Waals surface area (Å²) in [5.41, 5.74) is 2.00. The first-order valence-corrected chi connectivity index (χ1v) is 5.50. The maximum atomic E-state index is 9.06. The van der Waals surface area contributed by atoms with Crippen LogP contribution in [0.15, 0.2) is 18.2 Å². The topological polar surface area (TPSA) is 35.8 Å². The molecule has 0 radical (unpaired) electrons. The SMILES string of the molecule is Cc1ccc(C(C#N)NC2CC2)cc1Cl. The van der Waals surface area contributed by atoms with Gasteiger partial charge in [-0.2, -0.15) is 5.26 Å². The van der Waals surface area contributed by atoms with Crippen molar-refractivity contribution in [3.8, 4) is 6.07 Å². The number of halogens is 1. The normalized spacial score (nSPS) is 17.1. The van der Waals surface area contributed by atoms with Crippen molar-refractivity contribution in [2.45, 2.75) is 31.8 Å². The summed E-state index contributed by atoms with van der Waals surface area (Å²) in [4.78, 5) is 0. The Morgan fingerprint density at radius 1 is 1.53 bits per heavy atom. The van der Waals surface area contributed by atoms with Gasteiger partial charge in [-0.3, -0.25) is 5.32 Å². The highest BCUT2D eigenvalue weighted by Crippen LogP contribution is 2.26. The zero-order valence-electron chi connectivity index (χ0n) is 8.63. The van der Waals surface area contributed by atoms with E-state index in [4.69, 9.17) is 16.9 Å². The smallest absolute Gasteiger partial charge is 0.121 e. The Kier molecular flexibility index (Phi) is 2.95. The summed E-state index contributed by atoms with van der Waals surface area (Å²) < 4.78 is 0. The van der Waals surface area contributed by atoms with Crippen LogP contribution in [0.3, 0.4) is 0 Å². The molecule has 1 fully saturated rings. The van der Waals surface area contributed by atoms with Gasteiger partial charge in [0.2, 0.25) is 0 Å². The number of benzene rings is 1. The Hall–Kier alpha value is -1.04. The second kappa shape index (κ2) is 4.22. The Bertz CT molecular complexity index is 405. The van der Waals surface area contributed by atoms with E-state index in [1.165, 1.54) is 12.8 Å². The number of nitrogens with one attached hydrogen (secondary N) is 1. The Morgan fingerprint density at radius 3 is 2.80 bits per heavy atom. The maximum absolute atomic E-state index is 9.06. The minimum atomic E-state index is -0.226. The summed E-state index contributed by atoms with van der Waals surface area (Å²) in [7, 11) is 0. The number of hydrogen-bond donors (Lipinski definition) is 1. The van der Waals surface area contributed by atoms with E-state index < -0.39 is 0 Å². The fourth-order valence-corrected chi connectivity index (χ4v) is 1.67. The molecule has 0 saturated heterocycles. The lowest BCUT2D eigenvalue weighted by Crippen LogP contribution is -2.21. The molecular formula is C12H13ClN2. The van der Waals surface area contributed by atoms with Gasteiger partial charge in [-0.25, -0.2) is 0 Å². The first kappa shape index (κ1) is 10.5. The fourth-order valence-electron chi connectivity index (χ4n) is 1.48. The highest BCUT2D eigenvalue weighted by Gasteiger charge is 2.25. The Labute approximate surface area is 94.9 Å². The van der Waals surface area contributed by atoms with E-state index in [-0.39, 0.29) is 6.04 Å². The van der Waals surface area contributed by atoms with E-state index in [1.807, 2.05) is 25.1 Å². The minimum Gasteiger partial charge on any atom is -0.295 e. The molecule has 1 unspecified atom stereocenters. The van der Waals surface area contributed by atoms with Crippen LogP contribution >= 0.6 is 11.6 Å². The Balaban J connectivity index is 2.18. The molecule has 1 N–H and O–H groups in total. The van der Waals surface area contributed by atoms with Gasteiger partial charge >= 0.3 is 0 Å². The summed E-state index contributed by atoms with van der Waals surface area (Å²) in [5, 5.41) is 13.1. The van der Waals surface area contributed by atoms with Crippen LogP contribution in [0.5, 0.6) is 0 Å². The molecule has 2 rings (SSSR count).